The van der Waals surface area contributed by atoms with Crippen molar-refractivity contribution in [1.82, 2.24) is 9.88 Å². The second-order valence-corrected chi connectivity index (χ2v) is 7.60. The topological polar surface area (TPSA) is 46.4 Å². The van der Waals surface area contributed by atoms with Crippen LogP contribution in [0.25, 0.3) is 11.8 Å². The molecule has 1 aliphatic heterocycles. The van der Waals surface area contributed by atoms with E-state index < -0.39 is 0 Å². The standard InChI is InChI=1S/C23H21N3OS/c1-3-17-10-12-18(13-11-17)24-23-25-22(27)21(28-23)15-20-14-9-16(2)26(20)19-7-5-4-6-8-19/h4-15H,3H2,1-2H3,(H,24,25,27)/b21-15-. The number of hydrogen-bond donors (Lipinski definition) is 1. The van der Waals surface area contributed by atoms with Crippen molar-refractivity contribution >= 4 is 34.6 Å². The minimum absolute atomic E-state index is 0.118. The molecule has 2 aromatic carbocycles. The van der Waals surface area contributed by atoms with Crippen LogP contribution in [0, 0.1) is 6.92 Å². The number of aliphatic imine (C=N–C) groups is 1. The Kier molecular flexibility index (Phi) is 5.17. The van der Waals surface area contributed by atoms with E-state index in [1.54, 1.807) is 0 Å². The maximum Gasteiger partial charge on any atom is 0.264 e. The highest BCUT2D eigenvalue weighted by Crippen LogP contribution is 2.29. The van der Waals surface area contributed by atoms with Crippen LogP contribution in [0.4, 0.5) is 5.69 Å². The number of hydrogen-bond acceptors (Lipinski definition) is 3. The molecule has 1 amide bonds. The molecule has 1 saturated heterocycles. The van der Waals surface area contributed by atoms with Crippen LogP contribution < -0.4 is 5.32 Å². The lowest BCUT2D eigenvalue weighted by atomic mass is 10.2. The molecule has 1 fully saturated rings. The molecule has 0 bridgehead atoms. The molecule has 1 aliphatic rings. The number of aromatic nitrogens is 1. The van der Waals surface area contributed by atoms with Crippen molar-refractivity contribution in [3.8, 4) is 5.69 Å². The summed E-state index contributed by atoms with van der Waals surface area (Å²) >= 11 is 1.37. The van der Waals surface area contributed by atoms with E-state index in [0.29, 0.717) is 10.1 Å². The molecule has 0 radical (unpaired) electrons. The van der Waals surface area contributed by atoms with Crippen molar-refractivity contribution in [2.24, 2.45) is 4.99 Å². The highest BCUT2D eigenvalue weighted by Gasteiger charge is 2.24. The molecule has 4 nitrogen and oxygen atoms in total. The number of aryl methyl sites for hydroxylation is 2. The van der Waals surface area contributed by atoms with Gasteiger partial charge in [-0.2, -0.15) is 0 Å². The first-order valence-electron chi connectivity index (χ1n) is 9.26. The van der Waals surface area contributed by atoms with Crippen LogP contribution in [0.15, 0.2) is 76.6 Å². The van der Waals surface area contributed by atoms with Crippen LogP contribution in [0.2, 0.25) is 0 Å². The van der Waals surface area contributed by atoms with Gasteiger partial charge in [-0.25, -0.2) is 4.99 Å². The Hall–Kier alpha value is -3.05. The Morgan fingerprint density at radius 2 is 1.79 bits per heavy atom. The lowest BCUT2D eigenvalue weighted by molar-refractivity contribution is -0.115. The summed E-state index contributed by atoms with van der Waals surface area (Å²) in [6, 6.07) is 22.3. The third-order valence-corrected chi connectivity index (χ3v) is 5.54. The third-order valence-electron chi connectivity index (χ3n) is 4.63. The van der Waals surface area contributed by atoms with Gasteiger partial charge in [0.15, 0.2) is 5.17 Å². The Bertz CT molecular complexity index is 1060. The first-order chi connectivity index (χ1) is 13.6. The molecule has 0 saturated carbocycles. The lowest BCUT2D eigenvalue weighted by Crippen LogP contribution is -2.19. The summed E-state index contributed by atoms with van der Waals surface area (Å²) in [5.74, 6) is -0.118. The first-order valence-corrected chi connectivity index (χ1v) is 10.1. The van der Waals surface area contributed by atoms with Crippen LogP contribution in [0.3, 0.4) is 0 Å². The summed E-state index contributed by atoms with van der Waals surface area (Å²) in [7, 11) is 0. The molecule has 28 heavy (non-hydrogen) atoms. The molecule has 2 heterocycles. The van der Waals surface area contributed by atoms with E-state index in [9.17, 15) is 4.79 Å². The SMILES string of the molecule is CCc1ccc(N=C2NC(=O)/C(=C/c3ccc(C)n3-c3ccccc3)S2)cc1. The molecule has 1 aromatic heterocycles. The van der Waals surface area contributed by atoms with Gasteiger partial charge < -0.3 is 9.88 Å². The monoisotopic (exact) mass is 387 g/mol. The Morgan fingerprint density at radius 1 is 1.04 bits per heavy atom. The number of nitrogens with zero attached hydrogens (tertiary/aromatic N) is 2. The molecule has 1 N–H and O–H groups in total. The summed E-state index contributed by atoms with van der Waals surface area (Å²) in [5.41, 5.74) is 5.26. The van der Waals surface area contributed by atoms with E-state index in [1.165, 1.54) is 17.3 Å². The van der Waals surface area contributed by atoms with Gasteiger partial charge in [-0.3, -0.25) is 4.79 Å². The van der Waals surface area contributed by atoms with Gasteiger partial charge in [0.2, 0.25) is 0 Å². The fourth-order valence-corrected chi connectivity index (χ4v) is 3.97. The number of para-hydroxylation sites is 1. The lowest BCUT2D eigenvalue weighted by Gasteiger charge is -2.09. The highest BCUT2D eigenvalue weighted by molar-refractivity contribution is 8.18. The van der Waals surface area contributed by atoms with E-state index in [1.807, 2.05) is 42.5 Å². The Morgan fingerprint density at radius 3 is 2.50 bits per heavy atom. The van der Waals surface area contributed by atoms with Crippen molar-refractivity contribution < 1.29 is 4.79 Å². The van der Waals surface area contributed by atoms with Crippen molar-refractivity contribution in [3.05, 3.63) is 88.6 Å². The van der Waals surface area contributed by atoms with Gasteiger partial charge in [0.05, 0.1) is 10.6 Å². The fourth-order valence-electron chi connectivity index (χ4n) is 3.14. The minimum atomic E-state index is -0.118. The number of carbonyl (C=O) groups excluding carboxylic acids is 1. The second-order valence-electron chi connectivity index (χ2n) is 6.57. The van der Waals surface area contributed by atoms with Gasteiger partial charge in [-0.05, 0) is 73.1 Å². The maximum atomic E-state index is 12.4. The summed E-state index contributed by atoms with van der Waals surface area (Å²) in [6.45, 7) is 4.18. The molecule has 4 rings (SSSR count). The van der Waals surface area contributed by atoms with Gasteiger partial charge in [0.25, 0.3) is 5.91 Å². The van der Waals surface area contributed by atoms with Crippen molar-refractivity contribution in [2.45, 2.75) is 20.3 Å². The molecular formula is C23H21N3OS. The number of benzene rings is 2. The predicted octanol–water partition coefficient (Wildman–Crippen LogP) is 5.24. The Balaban J connectivity index is 1.61. The average Bonchev–Trinajstić information content (AvgIpc) is 3.25. The van der Waals surface area contributed by atoms with Crippen LogP contribution in [0.1, 0.15) is 23.9 Å². The van der Waals surface area contributed by atoms with Gasteiger partial charge in [0, 0.05) is 17.1 Å². The van der Waals surface area contributed by atoms with Crippen LogP contribution in [-0.4, -0.2) is 15.6 Å². The Labute approximate surface area is 169 Å². The third kappa shape index (κ3) is 3.80. The minimum Gasteiger partial charge on any atom is -0.314 e. The van der Waals surface area contributed by atoms with Gasteiger partial charge >= 0.3 is 0 Å². The number of nitrogens with one attached hydrogen (secondary N) is 1. The van der Waals surface area contributed by atoms with Gasteiger partial charge in [-0.15, -0.1) is 0 Å². The average molecular weight is 388 g/mol. The fraction of sp³-hybridized carbons (Fsp3) is 0.130. The van der Waals surface area contributed by atoms with Gasteiger partial charge in [-0.1, -0.05) is 37.3 Å². The van der Waals surface area contributed by atoms with Gasteiger partial charge in [0.1, 0.15) is 0 Å². The number of amidine groups is 1. The number of thioether (sulfide) groups is 1. The van der Waals surface area contributed by atoms with E-state index >= 15 is 0 Å². The summed E-state index contributed by atoms with van der Waals surface area (Å²) < 4.78 is 2.14. The molecule has 3 aromatic rings. The van der Waals surface area contributed by atoms with Crippen LogP contribution in [-0.2, 0) is 11.2 Å². The van der Waals surface area contributed by atoms with Crippen molar-refractivity contribution in [2.75, 3.05) is 0 Å². The zero-order valence-electron chi connectivity index (χ0n) is 15.8. The number of rotatable bonds is 4. The number of amides is 1. The smallest absolute Gasteiger partial charge is 0.264 e. The normalized spacial score (nSPS) is 16.7. The number of carbonyl (C=O) groups is 1. The summed E-state index contributed by atoms with van der Waals surface area (Å²) in [6.07, 6.45) is 2.92. The largest absolute Gasteiger partial charge is 0.314 e. The first kappa shape index (κ1) is 18.3. The molecule has 0 spiro atoms. The molecule has 0 atom stereocenters. The van der Waals surface area contributed by atoms with Crippen molar-refractivity contribution in [1.29, 1.82) is 0 Å². The molecule has 0 aliphatic carbocycles. The highest BCUT2D eigenvalue weighted by atomic mass is 32.2. The molecule has 140 valence electrons. The maximum absolute atomic E-state index is 12.4. The molecule has 5 heteroatoms. The van der Waals surface area contributed by atoms with Crippen LogP contribution in [0.5, 0.6) is 0 Å². The van der Waals surface area contributed by atoms with Crippen LogP contribution >= 0.6 is 11.8 Å². The van der Waals surface area contributed by atoms with E-state index in [2.05, 4.69) is 59.1 Å². The summed E-state index contributed by atoms with van der Waals surface area (Å²) in [5, 5.41) is 3.47. The molecule has 0 unspecified atom stereocenters. The van der Waals surface area contributed by atoms with E-state index in [-0.39, 0.29) is 5.91 Å². The zero-order valence-corrected chi connectivity index (χ0v) is 16.7. The van der Waals surface area contributed by atoms with Crippen molar-refractivity contribution in [3.63, 3.8) is 0 Å². The summed E-state index contributed by atoms with van der Waals surface area (Å²) in [4.78, 5) is 17.6. The zero-order chi connectivity index (χ0) is 19.5. The second kappa shape index (κ2) is 7.90. The van der Waals surface area contributed by atoms with E-state index in [4.69, 9.17) is 0 Å². The molecular weight excluding hydrogens is 366 g/mol. The van der Waals surface area contributed by atoms with E-state index in [0.717, 1.165) is 29.2 Å². The predicted molar refractivity (Wildman–Crippen MR) is 117 cm³/mol. The quantitative estimate of drug-likeness (QED) is 0.622.